The molecule has 3 aliphatic heterocycles. The number of carbonyl (C=O) groups excluding carboxylic acids is 4. The number of fused-ring (bicyclic) bond motifs is 6. The minimum absolute atomic E-state index is 0.0426. The summed E-state index contributed by atoms with van der Waals surface area (Å²) in [5.41, 5.74) is 7.63. The molecule has 340 valence electrons. The van der Waals surface area contributed by atoms with E-state index in [0.29, 0.717) is 43.5 Å². The van der Waals surface area contributed by atoms with Gasteiger partial charge in [-0.1, -0.05) is 48.8 Å². The summed E-state index contributed by atoms with van der Waals surface area (Å²) in [6.07, 6.45) is 7.36. The molecule has 0 aliphatic carbocycles. The van der Waals surface area contributed by atoms with E-state index >= 15 is 0 Å². The number of aromatic nitrogens is 2. The molecular formula is C46H60F2N8O7. The lowest BCUT2D eigenvalue weighted by Crippen LogP contribution is -2.62. The van der Waals surface area contributed by atoms with Crippen molar-refractivity contribution in [3.05, 3.63) is 71.5 Å². The summed E-state index contributed by atoms with van der Waals surface area (Å²) in [5.74, 6) is -3.05. The van der Waals surface area contributed by atoms with E-state index in [1.165, 1.54) is 50.9 Å². The van der Waals surface area contributed by atoms with E-state index in [1.54, 1.807) is 19.4 Å². The van der Waals surface area contributed by atoms with Gasteiger partial charge in [0.25, 0.3) is 5.91 Å². The van der Waals surface area contributed by atoms with Crippen LogP contribution in [0.25, 0.3) is 33.3 Å². The molecule has 15 nitrogen and oxygen atoms in total. The van der Waals surface area contributed by atoms with Gasteiger partial charge in [-0.15, -0.1) is 0 Å². The number of hydrazine groups is 2. The molecule has 3 atom stereocenters. The van der Waals surface area contributed by atoms with Crippen LogP contribution >= 0.6 is 0 Å². The van der Waals surface area contributed by atoms with E-state index in [4.69, 9.17) is 9.47 Å². The number of phenols is 1. The van der Waals surface area contributed by atoms with Crippen molar-refractivity contribution in [1.82, 2.24) is 41.1 Å². The molecule has 6 bridgehead atoms. The van der Waals surface area contributed by atoms with Gasteiger partial charge in [0.15, 0.2) is 0 Å². The number of benzene rings is 2. The van der Waals surface area contributed by atoms with Crippen molar-refractivity contribution < 1.29 is 42.7 Å². The van der Waals surface area contributed by atoms with E-state index in [-0.39, 0.29) is 36.7 Å². The predicted molar refractivity (Wildman–Crippen MR) is 233 cm³/mol. The second-order valence-corrected chi connectivity index (χ2v) is 17.5. The Morgan fingerprint density at radius 3 is 2.52 bits per heavy atom. The Morgan fingerprint density at radius 1 is 1.11 bits per heavy atom. The number of nitrogens with zero attached hydrogens (tertiary/aromatic N) is 5. The number of carbonyl (C=O) groups is 4. The standard InChI is InChI=1S/C42H51F2N7O7.C4H9N/c1-7-48-36-11-10-27-19-31(36)32(38(48)33-21-45-13-12-28(33)22-57-6)20-42(4,5)23-58-41(56)34-9-8-14-49(47-34)40(55)35(17-26-15-29(27)18-30(53)16-26)46-39(54)37(25(2)3)50(24-52)51(43)44;1-2-4-5-3-1/h10-13,15-16,18-19,21,24-25,34-35,37,47,53H,7-9,14,17,20,22-23H2,1-6H3,(H,46,54);5H,1-4H2/t34-,35?,37?;/m0./s1. The molecule has 3 amide bonds. The minimum atomic E-state index is -1.66. The van der Waals surface area contributed by atoms with Crippen molar-refractivity contribution in [1.29, 1.82) is 0 Å². The lowest BCUT2D eigenvalue weighted by molar-refractivity contribution is -0.295. The number of cyclic esters (lactones) is 1. The Hall–Kier alpha value is -5.49. The monoisotopic (exact) mass is 874 g/mol. The summed E-state index contributed by atoms with van der Waals surface area (Å²) in [5, 5.41) is 19.1. The molecule has 0 radical (unpaired) electrons. The second kappa shape index (κ2) is 20.8. The Morgan fingerprint density at radius 2 is 1.87 bits per heavy atom. The number of aromatic hydroxyl groups is 1. The first-order valence-corrected chi connectivity index (χ1v) is 21.7. The van der Waals surface area contributed by atoms with Gasteiger partial charge < -0.3 is 29.8 Å². The molecular weight excluding hydrogens is 815 g/mol. The molecule has 0 spiro atoms. The van der Waals surface area contributed by atoms with Gasteiger partial charge in [-0.2, -0.15) is 0 Å². The number of pyridine rings is 1. The molecule has 2 unspecified atom stereocenters. The number of aryl methyl sites for hydroxylation is 1. The average molecular weight is 875 g/mol. The molecule has 4 N–H and O–H groups in total. The van der Waals surface area contributed by atoms with Gasteiger partial charge in [0, 0.05) is 60.9 Å². The molecule has 2 aromatic carbocycles. The molecule has 2 fully saturated rings. The normalized spacial score (nSPS) is 19.6. The van der Waals surface area contributed by atoms with E-state index in [9.17, 15) is 33.2 Å². The zero-order chi connectivity index (χ0) is 45.4. The highest BCUT2D eigenvalue weighted by Gasteiger charge is 2.39. The SMILES string of the molecule is C1CCNC1.CCn1c(-c2cnccc2COC)c2c3cc(ccc31)-c1cc(O)cc(c1)CC(NC(=O)C(C(C)C)N(C=O)N(F)F)C(=O)N1CCC[C@H](N1)C(=O)OCC(C)(C)C2. The van der Waals surface area contributed by atoms with Crippen LogP contribution in [0.3, 0.4) is 0 Å². The van der Waals surface area contributed by atoms with Gasteiger partial charge in [-0.3, -0.25) is 29.2 Å². The second-order valence-electron chi connectivity index (χ2n) is 17.5. The number of ether oxygens (including phenoxy) is 2. The minimum Gasteiger partial charge on any atom is -0.508 e. The van der Waals surface area contributed by atoms with Gasteiger partial charge in [-0.25, -0.2) is 10.4 Å². The fourth-order valence-electron chi connectivity index (χ4n) is 8.74. The maximum Gasteiger partial charge on any atom is 0.324 e. The summed E-state index contributed by atoms with van der Waals surface area (Å²) < 4.78 is 41.4. The first kappa shape index (κ1) is 47.0. The van der Waals surface area contributed by atoms with Gasteiger partial charge in [-0.05, 0) is 116 Å². The van der Waals surface area contributed by atoms with Crippen molar-refractivity contribution in [2.24, 2.45) is 11.3 Å². The summed E-state index contributed by atoms with van der Waals surface area (Å²) in [6.45, 7) is 12.9. The summed E-state index contributed by atoms with van der Waals surface area (Å²) in [4.78, 5) is 57.9. The number of esters is 1. The zero-order valence-corrected chi connectivity index (χ0v) is 37.0. The predicted octanol–water partition coefficient (Wildman–Crippen LogP) is 5.73. The number of hydrogen-bond acceptors (Lipinski definition) is 11. The quantitative estimate of drug-likeness (QED) is 0.0665. The largest absolute Gasteiger partial charge is 0.508 e. The van der Waals surface area contributed by atoms with Crippen molar-refractivity contribution in [2.75, 3.05) is 33.4 Å². The van der Waals surface area contributed by atoms with Crippen molar-refractivity contribution >= 4 is 35.1 Å². The van der Waals surface area contributed by atoms with E-state index in [0.717, 1.165) is 38.9 Å². The molecule has 2 aromatic heterocycles. The lowest BCUT2D eigenvalue weighted by Gasteiger charge is -2.36. The molecule has 5 heterocycles. The van der Waals surface area contributed by atoms with E-state index in [2.05, 4.69) is 38.6 Å². The van der Waals surface area contributed by atoms with Crippen LogP contribution in [0.2, 0.25) is 0 Å². The third kappa shape index (κ3) is 11.0. The topological polar surface area (TPSA) is 171 Å². The zero-order valence-electron chi connectivity index (χ0n) is 37.0. The number of nitrogens with one attached hydrogen (secondary N) is 3. The van der Waals surface area contributed by atoms with Crippen molar-refractivity contribution in [3.63, 3.8) is 0 Å². The molecule has 0 saturated carbocycles. The van der Waals surface area contributed by atoms with Crippen LogP contribution in [0, 0.1) is 11.3 Å². The molecule has 17 heteroatoms. The Labute approximate surface area is 366 Å². The maximum atomic E-state index is 14.3. The highest BCUT2D eigenvalue weighted by Crippen LogP contribution is 2.41. The van der Waals surface area contributed by atoms with Crippen molar-refractivity contribution in [2.45, 2.75) is 104 Å². The van der Waals surface area contributed by atoms with Gasteiger partial charge >= 0.3 is 5.97 Å². The van der Waals surface area contributed by atoms with Crippen LogP contribution in [-0.4, -0.2) is 106 Å². The third-order valence-corrected chi connectivity index (χ3v) is 11.7. The van der Waals surface area contributed by atoms with Crippen molar-refractivity contribution in [3.8, 4) is 28.1 Å². The first-order chi connectivity index (χ1) is 30.2. The molecule has 3 aliphatic rings. The molecule has 63 heavy (non-hydrogen) atoms. The fraction of sp³-hybridized carbons (Fsp3) is 0.500. The van der Waals surface area contributed by atoms with Crippen LogP contribution in [0.1, 0.15) is 77.0 Å². The number of hydrogen-bond donors (Lipinski definition) is 4. The fourth-order valence-corrected chi connectivity index (χ4v) is 8.74. The Balaban J connectivity index is 0.00000123. The Bertz CT molecular complexity index is 2260. The Kier molecular flexibility index (Phi) is 15.5. The van der Waals surface area contributed by atoms with E-state index < -0.39 is 52.7 Å². The van der Waals surface area contributed by atoms with Gasteiger partial charge in [0.2, 0.25) is 12.3 Å². The highest BCUT2D eigenvalue weighted by atomic mass is 19.4. The highest BCUT2D eigenvalue weighted by molar-refractivity contribution is 5.96. The summed E-state index contributed by atoms with van der Waals surface area (Å²) in [6, 6.07) is 8.96. The lowest BCUT2D eigenvalue weighted by atomic mass is 9.84. The van der Waals surface area contributed by atoms with Gasteiger partial charge in [0.05, 0.1) is 18.9 Å². The number of amides is 3. The first-order valence-electron chi connectivity index (χ1n) is 21.7. The van der Waals surface area contributed by atoms with Crippen LogP contribution in [0.4, 0.5) is 8.96 Å². The molecule has 7 rings (SSSR count). The average Bonchev–Trinajstić information content (AvgIpc) is 3.94. The number of methoxy groups -OCH3 is 1. The van der Waals surface area contributed by atoms with Crippen LogP contribution in [-0.2, 0) is 54.6 Å². The van der Waals surface area contributed by atoms with Gasteiger partial charge in [0.1, 0.15) is 29.3 Å². The maximum absolute atomic E-state index is 14.3. The number of phenolic OH excluding ortho intramolecular Hbond substituents is 1. The molecule has 4 aromatic rings. The van der Waals surface area contributed by atoms with Crippen LogP contribution in [0.5, 0.6) is 5.75 Å². The van der Waals surface area contributed by atoms with Crippen LogP contribution in [0.15, 0.2) is 54.9 Å². The smallest absolute Gasteiger partial charge is 0.324 e. The summed E-state index contributed by atoms with van der Waals surface area (Å²) in [7, 11) is 1.65. The number of rotatable bonds is 10. The van der Waals surface area contributed by atoms with E-state index in [1.807, 2.05) is 44.3 Å². The third-order valence-electron chi connectivity index (χ3n) is 11.7. The van der Waals surface area contributed by atoms with Crippen LogP contribution < -0.4 is 16.1 Å². The number of halogens is 2. The summed E-state index contributed by atoms with van der Waals surface area (Å²) >= 11 is 0. The molecule has 2 saturated heterocycles.